The average Bonchev–Trinajstić information content (AvgIpc) is 1.94. The van der Waals surface area contributed by atoms with Crippen molar-refractivity contribution in [1.29, 1.82) is 0 Å². The molecule has 0 saturated heterocycles. The summed E-state index contributed by atoms with van der Waals surface area (Å²) in [6.07, 6.45) is 5.00. The molecule has 0 aromatic rings. The summed E-state index contributed by atoms with van der Waals surface area (Å²) >= 11 is 5.91. The number of allylic oxidation sites excluding steroid dienone is 2. The maximum atomic E-state index is 10.8. The van der Waals surface area contributed by atoms with Gasteiger partial charge >= 0.3 is 0 Å². The standard InChI is InChI=1S/C8H11ClO/c1-2-6-5-7(10)3-4-8(6)9/h3-4,6,8H,2,5H2,1H3. The largest absolute Gasteiger partial charge is 0.295 e. The second kappa shape index (κ2) is 3.20. The number of alkyl halides is 1. The molecule has 2 heteroatoms. The zero-order valence-electron chi connectivity index (χ0n) is 6.01. The Morgan fingerprint density at radius 1 is 1.80 bits per heavy atom. The normalized spacial score (nSPS) is 32.8. The van der Waals surface area contributed by atoms with E-state index in [1.807, 2.05) is 0 Å². The van der Waals surface area contributed by atoms with E-state index in [0.717, 1.165) is 6.42 Å². The van der Waals surface area contributed by atoms with Gasteiger partial charge in [0.05, 0.1) is 5.38 Å². The Balaban J connectivity index is 2.62. The van der Waals surface area contributed by atoms with Crippen molar-refractivity contribution in [2.24, 2.45) is 5.92 Å². The van der Waals surface area contributed by atoms with Crippen LogP contribution in [0.15, 0.2) is 12.2 Å². The summed E-state index contributed by atoms with van der Waals surface area (Å²) in [7, 11) is 0. The minimum atomic E-state index is 0.0719. The number of carbonyl (C=O) groups is 1. The summed E-state index contributed by atoms with van der Waals surface area (Å²) < 4.78 is 0. The van der Waals surface area contributed by atoms with E-state index in [-0.39, 0.29) is 11.2 Å². The third-order valence-corrected chi connectivity index (χ3v) is 2.41. The van der Waals surface area contributed by atoms with Crippen LogP contribution in [0.5, 0.6) is 0 Å². The Kier molecular flexibility index (Phi) is 2.50. The lowest BCUT2D eigenvalue weighted by Crippen LogP contribution is -2.19. The van der Waals surface area contributed by atoms with E-state index in [2.05, 4.69) is 6.92 Å². The van der Waals surface area contributed by atoms with Crippen molar-refractivity contribution in [3.8, 4) is 0 Å². The molecule has 0 fully saturated rings. The number of rotatable bonds is 1. The molecule has 0 aromatic carbocycles. The molecule has 0 N–H and O–H groups in total. The fourth-order valence-corrected chi connectivity index (χ4v) is 1.50. The van der Waals surface area contributed by atoms with Gasteiger partial charge in [-0.05, 0) is 12.0 Å². The summed E-state index contributed by atoms with van der Waals surface area (Å²) in [5.41, 5.74) is 0. The molecule has 0 spiro atoms. The predicted molar refractivity (Wildman–Crippen MR) is 42.2 cm³/mol. The fraction of sp³-hybridized carbons (Fsp3) is 0.625. The van der Waals surface area contributed by atoms with Crippen LogP contribution in [-0.2, 0) is 4.79 Å². The number of hydrogen-bond acceptors (Lipinski definition) is 1. The second-order valence-corrected chi connectivity index (χ2v) is 3.15. The Labute approximate surface area is 66.1 Å². The van der Waals surface area contributed by atoms with Crippen LogP contribution in [0.4, 0.5) is 0 Å². The molecule has 0 aliphatic heterocycles. The summed E-state index contributed by atoms with van der Waals surface area (Å²) in [6, 6.07) is 0. The quantitative estimate of drug-likeness (QED) is 0.535. The Bertz CT molecular complexity index is 163. The molecule has 10 heavy (non-hydrogen) atoms. The molecule has 0 saturated carbocycles. The first kappa shape index (κ1) is 7.80. The van der Waals surface area contributed by atoms with Crippen molar-refractivity contribution < 1.29 is 4.79 Å². The highest BCUT2D eigenvalue weighted by Gasteiger charge is 2.21. The molecular formula is C8H11ClO. The van der Waals surface area contributed by atoms with Gasteiger partial charge in [0.2, 0.25) is 0 Å². The van der Waals surface area contributed by atoms with Crippen molar-refractivity contribution in [3.05, 3.63) is 12.2 Å². The Hall–Kier alpha value is -0.300. The van der Waals surface area contributed by atoms with Crippen molar-refractivity contribution in [1.82, 2.24) is 0 Å². The van der Waals surface area contributed by atoms with Crippen molar-refractivity contribution in [2.45, 2.75) is 25.1 Å². The van der Waals surface area contributed by atoms with Crippen LogP contribution in [0.1, 0.15) is 19.8 Å². The Morgan fingerprint density at radius 2 is 2.50 bits per heavy atom. The third-order valence-electron chi connectivity index (χ3n) is 1.90. The van der Waals surface area contributed by atoms with Gasteiger partial charge in [0.15, 0.2) is 5.78 Å². The van der Waals surface area contributed by atoms with Gasteiger partial charge in [-0.1, -0.05) is 19.4 Å². The lowest BCUT2D eigenvalue weighted by molar-refractivity contribution is -0.115. The zero-order chi connectivity index (χ0) is 7.56. The molecule has 0 radical (unpaired) electrons. The number of ketones is 1. The van der Waals surface area contributed by atoms with Gasteiger partial charge in [0.1, 0.15) is 0 Å². The van der Waals surface area contributed by atoms with Crippen LogP contribution in [0, 0.1) is 5.92 Å². The maximum absolute atomic E-state index is 10.8. The zero-order valence-corrected chi connectivity index (χ0v) is 6.77. The molecule has 0 bridgehead atoms. The van der Waals surface area contributed by atoms with Crippen LogP contribution >= 0.6 is 11.6 Å². The lowest BCUT2D eigenvalue weighted by Gasteiger charge is -2.19. The highest BCUT2D eigenvalue weighted by molar-refractivity contribution is 6.22. The van der Waals surface area contributed by atoms with Gasteiger partial charge in [0.25, 0.3) is 0 Å². The van der Waals surface area contributed by atoms with E-state index in [0.29, 0.717) is 12.3 Å². The lowest BCUT2D eigenvalue weighted by atomic mass is 9.91. The summed E-state index contributed by atoms with van der Waals surface area (Å²) in [4.78, 5) is 10.8. The van der Waals surface area contributed by atoms with Gasteiger partial charge in [-0.15, -0.1) is 11.6 Å². The molecule has 2 atom stereocenters. The maximum Gasteiger partial charge on any atom is 0.155 e. The highest BCUT2D eigenvalue weighted by atomic mass is 35.5. The van der Waals surface area contributed by atoms with E-state index in [9.17, 15) is 4.79 Å². The van der Waals surface area contributed by atoms with Crippen LogP contribution in [-0.4, -0.2) is 11.2 Å². The second-order valence-electron chi connectivity index (χ2n) is 2.64. The number of hydrogen-bond donors (Lipinski definition) is 0. The first-order valence-corrected chi connectivity index (χ1v) is 4.02. The van der Waals surface area contributed by atoms with Crippen molar-refractivity contribution >= 4 is 17.4 Å². The molecule has 2 unspecified atom stereocenters. The monoisotopic (exact) mass is 158 g/mol. The van der Waals surface area contributed by atoms with Gasteiger partial charge < -0.3 is 0 Å². The summed E-state index contributed by atoms with van der Waals surface area (Å²) in [5, 5.41) is 0.0719. The van der Waals surface area contributed by atoms with Crippen molar-refractivity contribution in [2.75, 3.05) is 0 Å². The van der Waals surface area contributed by atoms with Crippen LogP contribution < -0.4 is 0 Å². The summed E-state index contributed by atoms with van der Waals surface area (Å²) in [5.74, 6) is 0.572. The average molecular weight is 159 g/mol. The molecule has 1 aliphatic carbocycles. The molecule has 56 valence electrons. The molecule has 0 aromatic heterocycles. The van der Waals surface area contributed by atoms with Crippen LogP contribution in [0.25, 0.3) is 0 Å². The first-order chi connectivity index (χ1) is 4.74. The number of halogens is 1. The fourth-order valence-electron chi connectivity index (χ4n) is 1.16. The predicted octanol–water partition coefficient (Wildman–Crippen LogP) is 2.15. The van der Waals surface area contributed by atoms with E-state index in [1.165, 1.54) is 0 Å². The van der Waals surface area contributed by atoms with E-state index >= 15 is 0 Å². The first-order valence-electron chi connectivity index (χ1n) is 3.59. The highest BCUT2D eigenvalue weighted by Crippen LogP contribution is 2.23. The molecule has 1 nitrogen and oxygen atoms in total. The SMILES string of the molecule is CCC1CC(=O)C=CC1Cl. The topological polar surface area (TPSA) is 17.1 Å². The molecule has 0 heterocycles. The van der Waals surface area contributed by atoms with Crippen LogP contribution in [0.3, 0.4) is 0 Å². The third kappa shape index (κ3) is 1.60. The molecule has 1 aliphatic rings. The minimum absolute atomic E-state index is 0.0719. The van der Waals surface area contributed by atoms with E-state index in [1.54, 1.807) is 12.2 Å². The minimum Gasteiger partial charge on any atom is -0.295 e. The molecular weight excluding hydrogens is 148 g/mol. The number of carbonyl (C=O) groups excluding carboxylic acids is 1. The van der Waals surface area contributed by atoms with Crippen molar-refractivity contribution in [3.63, 3.8) is 0 Å². The van der Waals surface area contributed by atoms with Gasteiger partial charge in [-0.2, -0.15) is 0 Å². The molecule has 1 rings (SSSR count). The Morgan fingerprint density at radius 3 is 3.00 bits per heavy atom. The van der Waals surface area contributed by atoms with Gasteiger partial charge in [0, 0.05) is 6.42 Å². The molecule has 0 amide bonds. The van der Waals surface area contributed by atoms with Crippen LogP contribution in [0.2, 0.25) is 0 Å². The van der Waals surface area contributed by atoms with E-state index in [4.69, 9.17) is 11.6 Å². The van der Waals surface area contributed by atoms with Gasteiger partial charge in [-0.3, -0.25) is 4.79 Å². The summed E-state index contributed by atoms with van der Waals surface area (Å²) in [6.45, 7) is 2.06. The van der Waals surface area contributed by atoms with Gasteiger partial charge in [-0.25, -0.2) is 0 Å². The van der Waals surface area contributed by atoms with E-state index < -0.39 is 0 Å². The smallest absolute Gasteiger partial charge is 0.155 e.